The van der Waals surface area contributed by atoms with Crippen molar-refractivity contribution in [3.05, 3.63) is 42.4 Å². The van der Waals surface area contributed by atoms with Crippen LogP contribution in [0.1, 0.15) is 5.82 Å². The van der Waals surface area contributed by atoms with Crippen molar-refractivity contribution in [2.45, 2.75) is 13.0 Å². The Balaban J connectivity index is 2.00. The molecule has 0 aliphatic rings. The summed E-state index contributed by atoms with van der Waals surface area (Å²) in [5.41, 5.74) is 1.96. The van der Waals surface area contributed by atoms with Crippen molar-refractivity contribution in [2.24, 2.45) is 4.99 Å². The van der Waals surface area contributed by atoms with Gasteiger partial charge < -0.3 is 15.2 Å². The van der Waals surface area contributed by atoms with Crippen molar-refractivity contribution in [1.29, 1.82) is 0 Å². The van der Waals surface area contributed by atoms with Crippen molar-refractivity contribution < 1.29 is 8.78 Å². The summed E-state index contributed by atoms with van der Waals surface area (Å²) in [4.78, 5) is 13.2. The number of hydrogen-bond donors (Lipinski definition) is 2. The molecule has 0 saturated carbocycles. The SMILES string of the molecule is CN=C(NCC(F)F)N(C)Cc1ncc(-c2ccccc2)[nH]1. The van der Waals surface area contributed by atoms with Gasteiger partial charge in [0.05, 0.1) is 25.0 Å². The van der Waals surface area contributed by atoms with Crippen LogP contribution in [0.2, 0.25) is 0 Å². The number of aromatic nitrogens is 2. The largest absolute Gasteiger partial charge is 0.351 e. The van der Waals surface area contributed by atoms with Crippen molar-refractivity contribution in [2.75, 3.05) is 20.6 Å². The van der Waals surface area contributed by atoms with Crippen LogP contribution >= 0.6 is 0 Å². The molecule has 0 aliphatic carbocycles. The molecule has 1 aromatic carbocycles. The quantitative estimate of drug-likeness (QED) is 0.658. The van der Waals surface area contributed by atoms with Crippen LogP contribution in [-0.4, -0.2) is 47.9 Å². The fourth-order valence-corrected chi connectivity index (χ4v) is 2.06. The number of nitrogens with one attached hydrogen (secondary N) is 2. The maximum atomic E-state index is 12.3. The van der Waals surface area contributed by atoms with Gasteiger partial charge in [0.1, 0.15) is 5.82 Å². The van der Waals surface area contributed by atoms with Gasteiger partial charge in [0.25, 0.3) is 6.43 Å². The predicted octanol–water partition coefficient (Wildman–Crippen LogP) is 2.35. The lowest BCUT2D eigenvalue weighted by molar-refractivity contribution is 0.151. The number of aromatic amines is 1. The summed E-state index contributed by atoms with van der Waals surface area (Å²) in [6, 6.07) is 9.84. The van der Waals surface area contributed by atoms with Gasteiger partial charge in [0.15, 0.2) is 5.96 Å². The maximum Gasteiger partial charge on any atom is 0.255 e. The van der Waals surface area contributed by atoms with Crippen molar-refractivity contribution in [3.63, 3.8) is 0 Å². The zero-order valence-electron chi connectivity index (χ0n) is 12.6. The average Bonchev–Trinajstić information content (AvgIpc) is 2.97. The lowest BCUT2D eigenvalue weighted by atomic mass is 10.2. The number of halogens is 2. The third-order valence-corrected chi connectivity index (χ3v) is 3.09. The summed E-state index contributed by atoms with van der Waals surface area (Å²) < 4.78 is 24.5. The normalized spacial score (nSPS) is 11.8. The molecule has 2 rings (SSSR count). The van der Waals surface area contributed by atoms with Crippen LogP contribution in [0, 0.1) is 0 Å². The van der Waals surface area contributed by atoms with E-state index in [1.54, 1.807) is 25.2 Å². The molecule has 0 bridgehead atoms. The van der Waals surface area contributed by atoms with E-state index in [0.717, 1.165) is 17.1 Å². The fraction of sp³-hybridized carbons (Fsp3) is 0.333. The minimum Gasteiger partial charge on any atom is -0.351 e. The molecule has 0 aliphatic heterocycles. The Labute approximate surface area is 128 Å². The molecule has 1 aromatic heterocycles. The van der Waals surface area contributed by atoms with E-state index in [9.17, 15) is 8.78 Å². The van der Waals surface area contributed by atoms with Crippen LogP contribution in [0.25, 0.3) is 11.3 Å². The van der Waals surface area contributed by atoms with Crippen LogP contribution in [0.4, 0.5) is 8.78 Å². The maximum absolute atomic E-state index is 12.3. The number of imidazole rings is 1. The van der Waals surface area contributed by atoms with Crippen LogP contribution in [0.3, 0.4) is 0 Å². The van der Waals surface area contributed by atoms with E-state index in [-0.39, 0.29) is 0 Å². The van der Waals surface area contributed by atoms with Gasteiger partial charge in [-0.1, -0.05) is 30.3 Å². The molecule has 0 fully saturated rings. The summed E-state index contributed by atoms with van der Waals surface area (Å²) in [6.07, 6.45) is -0.660. The summed E-state index contributed by atoms with van der Waals surface area (Å²) in [5, 5.41) is 2.61. The van der Waals surface area contributed by atoms with E-state index < -0.39 is 13.0 Å². The molecule has 0 saturated heterocycles. The Morgan fingerprint density at radius 1 is 1.36 bits per heavy atom. The second-order valence-electron chi connectivity index (χ2n) is 4.78. The van der Waals surface area contributed by atoms with Gasteiger partial charge in [-0.15, -0.1) is 0 Å². The monoisotopic (exact) mass is 307 g/mol. The van der Waals surface area contributed by atoms with Crippen molar-refractivity contribution in [3.8, 4) is 11.3 Å². The molecule has 7 heteroatoms. The summed E-state index contributed by atoms with van der Waals surface area (Å²) in [6.45, 7) is 0.0141. The molecule has 118 valence electrons. The van der Waals surface area contributed by atoms with E-state index in [2.05, 4.69) is 20.3 Å². The second kappa shape index (κ2) is 7.53. The molecule has 1 heterocycles. The average molecular weight is 307 g/mol. The highest BCUT2D eigenvalue weighted by Crippen LogP contribution is 2.16. The zero-order valence-corrected chi connectivity index (χ0v) is 12.6. The number of rotatable bonds is 5. The van der Waals surface area contributed by atoms with Gasteiger partial charge in [0.2, 0.25) is 0 Å². The van der Waals surface area contributed by atoms with Gasteiger partial charge >= 0.3 is 0 Å². The predicted molar refractivity (Wildman–Crippen MR) is 82.9 cm³/mol. The fourth-order valence-electron chi connectivity index (χ4n) is 2.06. The molecule has 2 aromatic rings. The van der Waals surface area contributed by atoms with Crippen LogP contribution < -0.4 is 5.32 Å². The van der Waals surface area contributed by atoms with Crippen LogP contribution in [0.15, 0.2) is 41.5 Å². The van der Waals surface area contributed by atoms with Crippen molar-refractivity contribution in [1.82, 2.24) is 20.2 Å². The number of guanidine groups is 1. The lowest BCUT2D eigenvalue weighted by Crippen LogP contribution is -2.40. The third kappa shape index (κ3) is 4.28. The number of hydrogen-bond acceptors (Lipinski definition) is 2. The van der Waals surface area contributed by atoms with E-state index in [1.807, 2.05) is 30.3 Å². The number of H-pyrrole nitrogens is 1. The summed E-state index contributed by atoms with van der Waals surface area (Å²) in [7, 11) is 3.33. The molecular formula is C15H19F2N5. The standard InChI is InChI=1S/C15H19F2N5/c1-18-15(20-9-13(16)17)22(2)10-14-19-8-12(21-14)11-6-4-3-5-7-11/h3-8,13H,9-10H2,1-2H3,(H,18,20)(H,19,21). The molecule has 0 spiro atoms. The molecule has 2 N–H and O–H groups in total. The number of nitrogens with zero attached hydrogens (tertiary/aromatic N) is 3. The van der Waals surface area contributed by atoms with Crippen LogP contribution in [0.5, 0.6) is 0 Å². The Hall–Kier alpha value is -2.44. The topological polar surface area (TPSA) is 56.3 Å². The molecule has 22 heavy (non-hydrogen) atoms. The summed E-state index contributed by atoms with van der Waals surface area (Å²) >= 11 is 0. The van der Waals surface area contributed by atoms with Gasteiger partial charge in [-0.2, -0.15) is 0 Å². The minimum absolute atomic E-state index is 0.401. The summed E-state index contributed by atoms with van der Waals surface area (Å²) in [5.74, 6) is 1.14. The highest BCUT2D eigenvalue weighted by atomic mass is 19.3. The Morgan fingerprint density at radius 2 is 2.09 bits per heavy atom. The first kappa shape index (κ1) is 15.9. The first-order valence-corrected chi connectivity index (χ1v) is 6.89. The molecular weight excluding hydrogens is 288 g/mol. The smallest absolute Gasteiger partial charge is 0.255 e. The highest BCUT2D eigenvalue weighted by molar-refractivity contribution is 5.79. The zero-order chi connectivity index (χ0) is 15.9. The van der Waals surface area contributed by atoms with E-state index in [4.69, 9.17) is 0 Å². The minimum atomic E-state index is -2.42. The molecule has 0 atom stereocenters. The first-order chi connectivity index (χ1) is 10.6. The molecule has 5 nitrogen and oxygen atoms in total. The Bertz CT molecular complexity index is 609. The molecule has 0 radical (unpaired) electrons. The highest BCUT2D eigenvalue weighted by Gasteiger charge is 2.11. The Morgan fingerprint density at radius 3 is 2.73 bits per heavy atom. The Kier molecular flexibility index (Phi) is 5.46. The van der Waals surface area contributed by atoms with Crippen molar-refractivity contribution >= 4 is 5.96 Å². The van der Waals surface area contributed by atoms with Gasteiger partial charge in [-0.3, -0.25) is 4.99 Å². The number of aliphatic imine (C=N–C) groups is 1. The molecule has 0 unspecified atom stereocenters. The first-order valence-electron chi connectivity index (χ1n) is 6.89. The van der Waals surface area contributed by atoms with Gasteiger partial charge in [-0.25, -0.2) is 13.8 Å². The van der Waals surface area contributed by atoms with E-state index >= 15 is 0 Å². The van der Waals surface area contributed by atoms with E-state index in [1.165, 1.54) is 0 Å². The molecule has 0 amide bonds. The lowest BCUT2D eigenvalue weighted by Gasteiger charge is -2.20. The third-order valence-electron chi connectivity index (χ3n) is 3.09. The number of benzene rings is 1. The number of alkyl halides is 2. The van der Waals surface area contributed by atoms with E-state index in [0.29, 0.717) is 12.5 Å². The van der Waals surface area contributed by atoms with Gasteiger partial charge in [0, 0.05) is 14.1 Å². The second-order valence-corrected chi connectivity index (χ2v) is 4.78. The van der Waals surface area contributed by atoms with Crippen LogP contribution in [-0.2, 0) is 6.54 Å². The van der Waals surface area contributed by atoms with Gasteiger partial charge in [-0.05, 0) is 5.56 Å².